The topological polar surface area (TPSA) is 38.0 Å². The van der Waals surface area contributed by atoms with Gasteiger partial charge in [-0.3, -0.25) is 0 Å². The molecule has 1 aromatic rings. The van der Waals surface area contributed by atoms with E-state index in [-0.39, 0.29) is 6.04 Å². The summed E-state index contributed by atoms with van der Waals surface area (Å²) in [4.78, 5) is 0. The van der Waals surface area contributed by atoms with Crippen molar-refractivity contribution in [3.05, 3.63) is 28.8 Å². The molecule has 2 nitrogen and oxygen atoms in total. The van der Waals surface area contributed by atoms with Crippen LogP contribution >= 0.6 is 0 Å². The van der Waals surface area contributed by atoms with Gasteiger partial charge in [-0.1, -0.05) is 17.7 Å². The summed E-state index contributed by atoms with van der Waals surface area (Å²) in [6.45, 7) is 9.21. The van der Waals surface area contributed by atoms with Crippen LogP contribution in [-0.2, 0) is 0 Å². The summed E-state index contributed by atoms with van der Waals surface area (Å²) in [5.41, 5.74) is 10.8. The zero-order valence-electron chi connectivity index (χ0n) is 9.52. The van der Waals surface area contributed by atoms with E-state index in [1.54, 1.807) is 0 Å². The molecule has 0 aromatic heterocycles. The van der Waals surface area contributed by atoms with Crippen LogP contribution in [0.25, 0.3) is 0 Å². The molecule has 78 valence electrons. The van der Waals surface area contributed by atoms with E-state index in [9.17, 15) is 0 Å². The first-order valence-corrected chi connectivity index (χ1v) is 5.08. The Balaban J connectivity index is 2.86. The van der Waals surface area contributed by atoms with Gasteiger partial charge >= 0.3 is 0 Å². The maximum Gasteiger partial charge on any atom is 0.0400 e. The predicted molar refractivity (Wildman–Crippen MR) is 62.8 cm³/mol. The fraction of sp³-hybridized carbons (Fsp3) is 0.500. The normalized spacial score (nSPS) is 12.6. The molecule has 0 saturated heterocycles. The molecule has 0 radical (unpaired) electrons. The van der Waals surface area contributed by atoms with Crippen LogP contribution in [0.5, 0.6) is 0 Å². The zero-order chi connectivity index (χ0) is 10.7. The summed E-state index contributed by atoms with van der Waals surface area (Å²) < 4.78 is 0. The maximum absolute atomic E-state index is 5.71. The number of hydrogen-bond donors (Lipinski definition) is 2. The van der Waals surface area contributed by atoms with E-state index in [0.29, 0.717) is 0 Å². The third-order valence-electron chi connectivity index (χ3n) is 2.28. The molecule has 0 heterocycles. The minimum Gasteiger partial charge on any atom is -0.383 e. The summed E-state index contributed by atoms with van der Waals surface area (Å²) in [5.74, 6) is 0. The van der Waals surface area contributed by atoms with Crippen molar-refractivity contribution in [3.8, 4) is 0 Å². The minimum atomic E-state index is 0.190. The quantitative estimate of drug-likeness (QED) is 0.771. The van der Waals surface area contributed by atoms with Gasteiger partial charge in [-0.05, 0) is 38.8 Å². The summed E-state index contributed by atoms with van der Waals surface area (Å²) in [5, 5.41) is 3.38. The molecule has 3 N–H and O–H groups in total. The molecule has 14 heavy (non-hydrogen) atoms. The zero-order valence-corrected chi connectivity index (χ0v) is 9.52. The van der Waals surface area contributed by atoms with Gasteiger partial charge in [-0.25, -0.2) is 0 Å². The Morgan fingerprint density at radius 3 is 2.14 bits per heavy atom. The fourth-order valence-electron chi connectivity index (χ4n) is 1.72. The summed E-state index contributed by atoms with van der Waals surface area (Å²) in [7, 11) is 0. The second-order valence-electron chi connectivity index (χ2n) is 4.13. The number of anilines is 1. The van der Waals surface area contributed by atoms with Crippen LogP contribution in [0.1, 0.15) is 23.6 Å². The van der Waals surface area contributed by atoms with Crippen LogP contribution < -0.4 is 11.1 Å². The third kappa shape index (κ3) is 2.74. The molecule has 0 aliphatic carbocycles. The average molecular weight is 192 g/mol. The second-order valence-corrected chi connectivity index (χ2v) is 4.13. The Bertz CT molecular complexity index is 293. The molecule has 0 fully saturated rings. The highest BCUT2D eigenvalue weighted by Gasteiger charge is 2.03. The number of benzene rings is 1. The van der Waals surface area contributed by atoms with Crippen molar-refractivity contribution in [2.45, 2.75) is 33.7 Å². The Morgan fingerprint density at radius 2 is 1.71 bits per heavy atom. The van der Waals surface area contributed by atoms with Crippen molar-refractivity contribution >= 4 is 5.69 Å². The lowest BCUT2D eigenvalue weighted by molar-refractivity contribution is 0.779. The molecular formula is C12H20N2. The molecule has 1 rings (SSSR count). The van der Waals surface area contributed by atoms with E-state index >= 15 is 0 Å². The third-order valence-corrected chi connectivity index (χ3v) is 2.28. The van der Waals surface area contributed by atoms with E-state index in [1.165, 1.54) is 22.4 Å². The Labute approximate surface area is 86.5 Å². The number of nitrogens with two attached hydrogens (primary N) is 1. The largest absolute Gasteiger partial charge is 0.383 e. The number of nitrogens with one attached hydrogen (secondary N) is 1. The first kappa shape index (κ1) is 11.1. The molecule has 0 aliphatic heterocycles. The summed E-state index contributed by atoms with van der Waals surface area (Å²) in [6.07, 6.45) is 0. The van der Waals surface area contributed by atoms with Crippen molar-refractivity contribution in [2.24, 2.45) is 5.73 Å². The van der Waals surface area contributed by atoms with Gasteiger partial charge in [0.05, 0.1) is 0 Å². The van der Waals surface area contributed by atoms with E-state index in [4.69, 9.17) is 5.73 Å². The van der Waals surface area contributed by atoms with Crippen LogP contribution in [0.3, 0.4) is 0 Å². The maximum atomic E-state index is 5.71. The van der Waals surface area contributed by atoms with Crippen LogP contribution in [-0.4, -0.2) is 12.6 Å². The van der Waals surface area contributed by atoms with Gasteiger partial charge in [-0.2, -0.15) is 0 Å². The van der Waals surface area contributed by atoms with Gasteiger partial charge in [0.15, 0.2) is 0 Å². The van der Waals surface area contributed by atoms with Gasteiger partial charge in [0, 0.05) is 18.3 Å². The monoisotopic (exact) mass is 192 g/mol. The van der Waals surface area contributed by atoms with Gasteiger partial charge in [0.1, 0.15) is 0 Å². The molecule has 1 aromatic carbocycles. The van der Waals surface area contributed by atoms with Gasteiger partial charge in [0.2, 0.25) is 0 Å². The van der Waals surface area contributed by atoms with Gasteiger partial charge in [0.25, 0.3) is 0 Å². The number of hydrogen-bond acceptors (Lipinski definition) is 2. The van der Waals surface area contributed by atoms with Crippen molar-refractivity contribution < 1.29 is 0 Å². The molecular weight excluding hydrogens is 172 g/mol. The Hall–Kier alpha value is -1.02. The van der Waals surface area contributed by atoms with Crippen LogP contribution in [0.4, 0.5) is 5.69 Å². The molecule has 0 saturated carbocycles. The smallest absolute Gasteiger partial charge is 0.0400 e. The lowest BCUT2D eigenvalue weighted by atomic mass is 10.1. The van der Waals surface area contributed by atoms with E-state index < -0.39 is 0 Å². The molecule has 0 bridgehead atoms. The highest BCUT2D eigenvalue weighted by atomic mass is 14.9. The van der Waals surface area contributed by atoms with E-state index in [2.05, 4.69) is 38.2 Å². The predicted octanol–water partition coefficient (Wildman–Crippen LogP) is 2.37. The van der Waals surface area contributed by atoms with E-state index in [1.807, 2.05) is 6.92 Å². The molecule has 0 aliphatic rings. The average Bonchev–Trinajstić information content (AvgIpc) is 2.01. The van der Waals surface area contributed by atoms with Crippen molar-refractivity contribution in [2.75, 3.05) is 11.9 Å². The molecule has 1 unspecified atom stereocenters. The van der Waals surface area contributed by atoms with Crippen molar-refractivity contribution in [1.29, 1.82) is 0 Å². The SMILES string of the molecule is Cc1cc(C)c(NCC(C)N)c(C)c1. The lowest BCUT2D eigenvalue weighted by Crippen LogP contribution is -2.25. The standard InChI is InChI=1S/C12H20N2/c1-8-5-9(2)12(10(3)6-8)14-7-11(4)13/h5-6,11,14H,7,13H2,1-4H3. The van der Waals surface area contributed by atoms with Crippen LogP contribution in [0.2, 0.25) is 0 Å². The van der Waals surface area contributed by atoms with Gasteiger partial charge < -0.3 is 11.1 Å². The van der Waals surface area contributed by atoms with Gasteiger partial charge in [-0.15, -0.1) is 0 Å². The fourth-order valence-corrected chi connectivity index (χ4v) is 1.72. The molecule has 2 heteroatoms. The first-order chi connectivity index (χ1) is 6.50. The number of rotatable bonds is 3. The van der Waals surface area contributed by atoms with Crippen LogP contribution in [0.15, 0.2) is 12.1 Å². The lowest BCUT2D eigenvalue weighted by Gasteiger charge is -2.15. The summed E-state index contributed by atoms with van der Waals surface area (Å²) >= 11 is 0. The van der Waals surface area contributed by atoms with E-state index in [0.717, 1.165) is 6.54 Å². The first-order valence-electron chi connectivity index (χ1n) is 5.08. The van der Waals surface area contributed by atoms with Crippen molar-refractivity contribution in [1.82, 2.24) is 0 Å². The minimum absolute atomic E-state index is 0.190. The Kier molecular flexibility index (Phi) is 3.53. The second kappa shape index (κ2) is 4.47. The molecule has 0 amide bonds. The van der Waals surface area contributed by atoms with Crippen molar-refractivity contribution in [3.63, 3.8) is 0 Å². The molecule has 1 atom stereocenters. The van der Waals surface area contributed by atoms with Crippen LogP contribution in [0, 0.1) is 20.8 Å². The highest BCUT2D eigenvalue weighted by molar-refractivity contribution is 5.58. The molecule has 0 spiro atoms. The summed E-state index contributed by atoms with van der Waals surface area (Å²) in [6, 6.07) is 4.57. The Morgan fingerprint density at radius 1 is 1.21 bits per heavy atom. The number of aryl methyl sites for hydroxylation is 3. The highest BCUT2D eigenvalue weighted by Crippen LogP contribution is 2.21.